The van der Waals surface area contributed by atoms with Crippen molar-refractivity contribution in [1.82, 2.24) is 10.6 Å². The van der Waals surface area contributed by atoms with Crippen LogP contribution < -0.4 is 10.6 Å². The van der Waals surface area contributed by atoms with Gasteiger partial charge in [-0.15, -0.1) is 0 Å². The molecule has 0 heterocycles. The Labute approximate surface area is 154 Å². The van der Waals surface area contributed by atoms with Crippen molar-refractivity contribution in [2.24, 2.45) is 4.99 Å². The Morgan fingerprint density at radius 2 is 1.81 bits per heavy atom. The van der Waals surface area contributed by atoms with Crippen molar-refractivity contribution in [3.8, 4) is 5.75 Å². The smallest absolute Gasteiger partial charge is 0.191 e. The molecule has 0 amide bonds. The average molecular weight is 375 g/mol. The molecule has 0 saturated carbocycles. The quantitative estimate of drug-likeness (QED) is 0.509. The van der Waals surface area contributed by atoms with E-state index < -0.39 is 9.84 Å². The number of phenolic OH excluding ortho intramolecular Hbond substituents is 1. The summed E-state index contributed by atoms with van der Waals surface area (Å²) in [5.41, 5.74) is 1.98. The second-order valence-electron chi connectivity index (χ2n) is 5.96. The highest BCUT2D eigenvalue weighted by molar-refractivity contribution is 7.90. The van der Waals surface area contributed by atoms with Gasteiger partial charge >= 0.3 is 0 Å². The highest BCUT2D eigenvalue weighted by Gasteiger charge is 2.06. The molecule has 0 aliphatic rings. The fourth-order valence-electron chi connectivity index (χ4n) is 2.40. The van der Waals surface area contributed by atoms with E-state index in [2.05, 4.69) is 15.6 Å². The zero-order chi connectivity index (χ0) is 19.0. The van der Waals surface area contributed by atoms with Crippen LogP contribution in [-0.2, 0) is 22.8 Å². The van der Waals surface area contributed by atoms with Crippen LogP contribution in [0.4, 0.5) is 0 Å². The Morgan fingerprint density at radius 3 is 2.42 bits per heavy atom. The maximum absolute atomic E-state index is 11.5. The number of benzene rings is 2. The van der Waals surface area contributed by atoms with Gasteiger partial charge in [0.2, 0.25) is 0 Å². The number of aliphatic imine (C=N–C) groups is 1. The van der Waals surface area contributed by atoms with Crippen molar-refractivity contribution in [1.29, 1.82) is 0 Å². The molecule has 2 rings (SSSR count). The van der Waals surface area contributed by atoms with Crippen molar-refractivity contribution in [2.45, 2.75) is 24.8 Å². The van der Waals surface area contributed by atoms with E-state index in [0.29, 0.717) is 23.9 Å². The molecule has 2 aromatic rings. The summed E-state index contributed by atoms with van der Waals surface area (Å²) in [6.45, 7) is 3.88. The Morgan fingerprint density at radius 1 is 1.08 bits per heavy atom. The number of guanidine groups is 1. The lowest BCUT2D eigenvalue weighted by Gasteiger charge is -2.11. The van der Waals surface area contributed by atoms with Gasteiger partial charge < -0.3 is 15.7 Å². The molecular weight excluding hydrogens is 350 g/mol. The molecule has 0 saturated heterocycles. The number of nitrogens with zero attached hydrogens (tertiary/aromatic N) is 1. The average Bonchev–Trinajstić information content (AvgIpc) is 2.59. The SMILES string of the molecule is CCNC(=NCc1cccc(O)c1)NCCc1ccc(S(C)(=O)=O)cc1. The van der Waals surface area contributed by atoms with E-state index in [1.54, 1.807) is 30.3 Å². The maximum Gasteiger partial charge on any atom is 0.191 e. The van der Waals surface area contributed by atoms with Gasteiger partial charge in [0.1, 0.15) is 5.75 Å². The number of sulfone groups is 1. The summed E-state index contributed by atoms with van der Waals surface area (Å²) in [6.07, 6.45) is 1.95. The standard InChI is InChI=1S/C19H25N3O3S/c1-3-20-19(22-14-16-5-4-6-17(23)13-16)21-12-11-15-7-9-18(10-8-15)26(2,24)25/h4-10,13,23H,3,11-12,14H2,1-2H3,(H2,20,21,22). The van der Waals surface area contributed by atoms with Gasteiger partial charge in [0.05, 0.1) is 11.4 Å². The van der Waals surface area contributed by atoms with E-state index in [0.717, 1.165) is 24.1 Å². The van der Waals surface area contributed by atoms with Crippen molar-refractivity contribution in [3.05, 3.63) is 59.7 Å². The van der Waals surface area contributed by atoms with Crippen LogP contribution in [0, 0.1) is 0 Å². The summed E-state index contributed by atoms with van der Waals surface area (Å²) < 4.78 is 23.0. The first kappa shape index (κ1) is 19.8. The Balaban J connectivity index is 1.90. The Bertz CT molecular complexity index is 847. The van der Waals surface area contributed by atoms with Crippen LogP contribution in [0.2, 0.25) is 0 Å². The summed E-state index contributed by atoms with van der Waals surface area (Å²) in [5, 5.41) is 15.9. The van der Waals surface area contributed by atoms with Crippen molar-refractivity contribution in [3.63, 3.8) is 0 Å². The molecule has 0 aliphatic carbocycles. The Kier molecular flexibility index (Phi) is 7.03. The van der Waals surface area contributed by atoms with Crippen LogP contribution in [0.3, 0.4) is 0 Å². The predicted molar refractivity (Wildman–Crippen MR) is 104 cm³/mol. The minimum absolute atomic E-state index is 0.230. The largest absolute Gasteiger partial charge is 0.508 e. The number of hydrogen-bond acceptors (Lipinski definition) is 4. The molecule has 0 spiro atoms. The summed E-state index contributed by atoms with van der Waals surface area (Å²) in [4.78, 5) is 4.84. The highest BCUT2D eigenvalue weighted by Crippen LogP contribution is 2.12. The molecule has 0 aliphatic heterocycles. The fraction of sp³-hybridized carbons (Fsp3) is 0.316. The van der Waals surface area contributed by atoms with E-state index >= 15 is 0 Å². The van der Waals surface area contributed by atoms with Crippen LogP contribution >= 0.6 is 0 Å². The summed E-state index contributed by atoms with van der Waals surface area (Å²) in [7, 11) is -3.16. The molecule has 6 nitrogen and oxygen atoms in total. The third-order valence-electron chi connectivity index (χ3n) is 3.73. The molecule has 0 atom stereocenters. The van der Waals surface area contributed by atoms with Gasteiger partial charge in [0, 0.05) is 19.3 Å². The minimum Gasteiger partial charge on any atom is -0.508 e. The fourth-order valence-corrected chi connectivity index (χ4v) is 3.03. The lowest BCUT2D eigenvalue weighted by atomic mass is 10.1. The third kappa shape index (κ3) is 6.40. The maximum atomic E-state index is 11.5. The van der Waals surface area contributed by atoms with E-state index in [4.69, 9.17) is 0 Å². The summed E-state index contributed by atoms with van der Waals surface area (Å²) in [5.74, 6) is 0.928. The summed E-state index contributed by atoms with van der Waals surface area (Å²) in [6, 6.07) is 13.9. The van der Waals surface area contributed by atoms with Crippen LogP contribution in [0.1, 0.15) is 18.1 Å². The first-order chi connectivity index (χ1) is 12.4. The topological polar surface area (TPSA) is 90.8 Å². The summed E-state index contributed by atoms with van der Waals surface area (Å²) >= 11 is 0. The highest BCUT2D eigenvalue weighted by atomic mass is 32.2. The van der Waals surface area contributed by atoms with Gasteiger partial charge in [-0.05, 0) is 48.7 Å². The third-order valence-corrected chi connectivity index (χ3v) is 4.86. The lowest BCUT2D eigenvalue weighted by molar-refractivity contribution is 0.474. The monoisotopic (exact) mass is 375 g/mol. The van der Waals surface area contributed by atoms with Gasteiger partial charge in [-0.2, -0.15) is 0 Å². The van der Waals surface area contributed by atoms with E-state index in [9.17, 15) is 13.5 Å². The normalized spacial score (nSPS) is 12.0. The van der Waals surface area contributed by atoms with Crippen molar-refractivity contribution >= 4 is 15.8 Å². The molecule has 0 aromatic heterocycles. The molecule has 2 aromatic carbocycles. The number of hydrogen-bond donors (Lipinski definition) is 3. The van der Waals surface area contributed by atoms with Gasteiger partial charge in [0.15, 0.2) is 15.8 Å². The van der Waals surface area contributed by atoms with Crippen LogP contribution in [0.25, 0.3) is 0 Å². The van der Waals surface area contributed by atoms with Crippen molar-refractivity contribution in [2.75, 3.05) is 19.3 Å². The van der Waals surface area contributed by atoms with Crippen LogP contribution in [0.5, 0.6) is 5.75 Å². The van der Waals surface area contributed by atoms with E-state index in [1.807, 2.05) is 25.1 Å². The number of phenols is 1. The lowest BCUT2D eigenvalue weighted by Crippen LogP contribution is -2.38. The molecule has 7 heteroatoms. The molecule has 26 heavy (non-hydrogen) atoms. The Hall–Kier alpha value is -2.54. The molecule has 0 unspecified atom stereocenters. The first-order valence-electron chi connectivity index (χ1n) is 8.47. The molecule has 140 valence electrons. The van der Waals surface area contributed by atoms with Gasteiger partial charge in [-0.25, -0.2) is 13.4 Å². The second-order valence-corrected chi connectivity index (χ2v) is 7.97. The number of rotatable bonds is 7. The minimum atomic E-state index is -3.16. The van der Waals surface area contributed by atoms with E-state index in [-0.39, 0.29) is 5.75 Å². The van der Waals surface area contributed by atoms with Crippen LogP contribution in [-0.4, -0.2) is 38.8 Å². The van der Waals surface area contributed by atoms with E-state index in [1.165, 1.54) is 6.26 Å². The molecule has 0 radical (unpaired) electrons. The molecule has 3 N–H and O–H groups in total. The number of nitrogens with one attached hydrogen (secondary N) is 2. The first-order valence-corrected chi connectivity index (χ1v) is 10.4. The van der Waals surface area contributed by atoms with Gasteiger partial charge in [-0.1, -0.05) is 24.3 Å². The van der Waals surface area contributed by atoms with Crippen LogP contribution in [0.15, 0.2) is 58.4 Å². The zero-order valence-electron chi connectivity index (χ0n) is 15.1. The van der Waals surface area contributed by atoms with Gasteiger partial charge in [0.25, 0.3) is 0 Å². The zero-order valence-corrected chi connectivity index (χ0v) is 15.9. The molecular formula is C19H25N3O3S. The van der Waals surface area contributed by atoms with Crippen molar-refractivity contribution < 1.29 is 13.5 Å². The molecule has 0 fully saturated rings. The second kappa shape index (κ2) is 9.24. The number of aromatic hydroxyl groups is 1. The molecule has 0 bridgehead atoms. The predicted octanol–water partition coefficient (Wildman–Crippen LogP) is 2.09. The van der Waals surface area contributed by atoms with Gasteiger partial charge in [-0.3, -0.25) is 0 Å².